The fourth-order valence-corrected chi connectivity index (χ4v) is 0.352. The summed E-state index contributed by atoms with van der Waals surface area (Å²) in [5.74, 6) is 0. The van der Waals surface area contributed by atoms with Crippen molar-refractivity contribution >= 4 is 0 Å². The second-order valence-corrected chi connectivity index (χ2v) is 2.34. The summed E-state index contributed by atoms with van der Waals surface area (Å²) >= 11 is 0. The van der Waals surface area contributed by atoms with Crippen LogP contribution in [0.15, 0.2) is 0 Å². The molecule has 0 saturated carbocycles. The Morgan fingerprint density at radius 1 is 0.941 bits per heavy atom. The average Bonchev–Trinajstić information content (AvgIpc) is 2.22. The molecule has 0 atom stereocenters. The Kier molecular flexibility index (Phi) is 98.4. The van der Waals surface area contributed by atoms with E-state index in [-0.39, 0.29) is 41.5 Å². The number of aliphatic hydroxyl groups excluding tert-OH is 3. The van der Waals surface area contributed by atoms with Crippen LogP contribution in [0.3, 0.4) is 0 Å². The molecule has 0 heterocycles. The summed E-state index contributed by atoms with van der Waals surface area (Å²) in [5, 5.41) is 25.8. The molecule has 0 aromatic carbocycles. The van der Waals surface area contributed by atoms with E-state index in [0.29, 0.717) is 0 Å². The van der Waals surface area contributed by atoms with E-state index < -0.39 is 0 Å². The van der Waals surface area contributed by atoms with Crippen LogP contribution in [0.1, 0.15) is 27.2 Å². The van der Waals surface area contributed by atoms with Gasteiger partial charge in [0, 0.05) is 54.6 Å². The molecule has 0 unspecified atom stereocenters. The van der Waals surface area contributed by atoms with E-state index in [9.17, 15) is 0 Å². The van der Waals surface area contributed by atoms with Gasteiger partial charge in [-0.05, 0) is 27.3 Å². The summed E-state index contributed by atoms with van der Waals surface area (Å²) in [6.07, 6.45) is 0.944. The third-order valence-corrected chi connectivity index (χ3v) is 0.675. The minimum Gasteiger partial charge on any atom is -0.397 e. The van der Waals surface area contributed by atoms with Gasteiger partial charge >= 0.3 is 0 Å². The molecule has 17 heavy (non-hydrogen) atoms. The maximum atomic E-state index is 7.57. The number of rotatable bonds is 4. The maximum Gasteiger partial charge on any atom is 0.0402 e. The van der Waals surface area contributed by atoms with Gasteiger partial charge in [0.1, 0.15) is 0 Å². The van der Waals surface area contributed by atoms with Crippen LogP contribution in [0.5, 0.6) is 0 Å². The maximum absolute atomic E-state index is 7.57. The van der Waals surface area contributed by atoms with Crippen molar-refractivity contribution < 1.29 is 37.0 Å². The molecule has 0 amide bonds. The first-order chi connectivity index (χ1) is 7.66. The molecule has 0 aliphatic heterocycles. The van der Waals surface area contributed by atoms with Crippen LogP contribution in [0, 0.1) is 6.92 Å². The van der Waals surface area contributed by atoms with Crippen molar-refractivity contribution in [1.29, 1.82) is 0 Å². The molecule has 0 fully saturated rings. The van der Waals surface area contributed by atoms with Crippen LogP contribution < -0.4 is 11.1 Å². The zero-order valence-electron chi connectivity index (χ0n) is 11.6. The minimum atomic E-state index is 0. The van der Waals surface area contributed by atoms with Crippen LogP contribution in [0.2, 0.25) is 0 Å². The molecule has 0 rings (SSSR count). The van der Waals surface area contributed by atoms with Crippen molar-refractivity contribution in [1.82, 2.24) is 5.32 Å². The summed E-state index contributed by atoms with van der Waals surface area (Å²) in [7, 11) is 0. The number of hydrogen-bond donors (Lipinski definition) is 5. The molecule has 5 nitrogen and oxygen atoms in total. The first kappa shape index (κ1) is 30.5. The third kappa shape index (κ3) is 171. The fraction of sp³-hybridized carbons (Fsp3) is 0.909. The summed E-state index contributed by atoms with van der Waals surface area (Å²) in [5.41, 5.74) is 5.19. The van der Waals surface area contributed by atoms with Gasteiger partial charge in [0.25, 0.3) is 0 Å². The number of nitrogens with two attached hydrogens (primary N) is 1. The molecule has 6 heteroatoms. The van der Waals surface area contributed by atoms with Gasteiger partial charge < -0.3 is 33.3 Å². The Hall–Kier alpha value is 0.514. The van der Waals surface area contributed by atoms with Crippen molar-refractivity contribution in [2.45, 2.75) is 27.2 Å². The van der Waals surface area contributed by atoms with E-state index >= 15 is 0 Å². The van der Waals surface area contributed by atoms with Gasteiger partial charge in [-0.25, -0.2) is 0 Å². The van der Waals surface area contributed by atoms with E-state index in [1.165, 1.54) is 0 Å². The normalized spacial score (nSPS) is 7.06. The molecule has 0 radical (unpaired) electrons. The smallest absolute Gasteiger partial charge is 0.0402 e. The van der Waals surface area contributed by atoms with E-state index in [2.05, 4.69) is 12.2 Å². The van der Waals surface area contributed by atoms with Crippen molar-refractivity contribution in [3.8, 4) is 0 Å². The molecular formula is C11H31N2O3Ti-. The minimum absolute atomic E-state index is 0. The topological polar surface area (TPSA) is 98.7 Å². The van der Waals surface area contributed by atoms with Crippen LogP contribution in [0.4, 0.5) is 0 Å². The molecule has 0 bridgehead atoms. The van der Waals surface area contributed by atoms with Gasteiger partial charge in [-0.15, -0.1) is 0 Å². The van der Waals surface area contributed by atoms with Gasteiger partial charge in [-0.3, -0.25) is 0 Å². The number of hydrogen-bond acceptors (Lipinski definition) is 5. The molecule has 0 aromatic heterocycles. The first-order valence-corrected chi connectivity index (χ1v) is 5.69. The van der Waals surface area contributed by atoms with Crippen molar-refractivity contribution in [2.24, 2.45) is 5.73 Å². The van der Waals surface area contributed by atoms with Crippen molar-refractivity contribution in [2.75, 3.05) is 39.5 Å². The predicted octanol–water partition coefficient (Wildman–Crippen LogP) is -0.248. The first-order valence-electron chi connectivity index (χ1n) is 5.69. The summed E-state index contributed by atoms with van der Waals surface area (Å²) in [6, 6.07) is 0. The quantitative estimate of drug-likeness (QED) is 0.279. The van der Waals surface area contributed by atoms with Gasteiger partial charge in [0.2, 0.25) is 0 Å². The Morgan fingerprint density at radius 3 is 1.41 bits per heavy atom. The fourth-order valence-electron chi connectivity index (χ4n) is 0.352. The van der Waals surface area contributed by atoms with Gasteiger partial charge in [-0.1, -0.05) is 0 Å². The molecule has 0 spiro atoms. The summed E-state index contributed by atoms with van der Waals surface area (Å²) in [6.45, 7) is 12.1. The standard InChI is InChI=1S/C5H13N2.3C2H6O.Ti/c1-2-4-7-5-3-6;3*1-2-3;/h7H,1-6H2;3*3H,2H2,1H3;/q-1;;;;. The monoisotopic (exact) mass is 287 g/mol. The number of nitrogens with one attached hydrogen (secondary N) is 1. The van der Waals surface area contributed by atoms with E-state index in [4.69, 9.17) is 21.1 Å². The second-order valence-electron chi connectivity index (χ2n) is 2.34. The van der Waals surface area contributed by atoms with E-state index in [1.807, 2.05) is 0 Å². The Balaban J connectivity index is -0.0000000411. The zero-order chi connectivity index (χ0) is 13.7. The Morgan fingerprint density at radius 2 is 1.24 bits per heavy atom. The van der Waals surface area contributed by atoms with Crippen LogP contribution >= 0.6 is 0 Å². The van der Waals surface area contributed by atoms with Crippen LogP contribution in [0.25, 0.3) is 0 Å². The molecule has 0 aliphatic rings. The molecule has 0 aliphatic carbocycles. The second kappa shape index (κ2) is 54.8. The molecule has 6 N–H and O–H groups in total. The Bertz CT molecular complexity index is 63.9. The van der Waals surface area contributed by atoms with Gasteiger partial charge in [0.15, 0.2) is 0 Å². The van der Waals surface area contributed by atoms with E-state index in [0.717, 1.165) is 26.1 Å². The van der Waals surface area contributed by atoms with Gasteiger partial charge in [-0.2, -0.15) is 6.42 Å². The predicted molar refractivity (Wildman–Crippen MR) is 70.2 cm³/mol. The molecule has 0 saturated heterocycles. The molecule has 0 aromatic rings. The Labute approximate surface area is 122 Å². The van der Waals surface area contributed by atoms with E-state index in [1.54, 1.807) is 20.8 Å². The summed E-state index contributed by atoms with van der Waals surface area (Å²) in [4.78, 5) is 0. The van der Waals surface area contributed by atoms with Gasteiger partial charge in [0.05, 0.1) is 0 Å². The molecule has 108 valence electrons. The van der Waals surface area contributed by atoms with Crippen LogP contribution in [-0.4, -0.2) is 54.8 Å². The third-order valence-electron chi connectivity index (χ3n) is 0.675. The SMILES string of the molecule is CCO.CCO.CCO.[CH2-]CCNCCN.[Ti]. The molecular weight excluding hydrogens is 256 g/mol. The van der Waals surface area contributed by atoms with Crippen molar-refractivity contribution in [3.63, 3.8) is 0 Å². The zero-order valence-corrected chi connectivity index (χ0v) is 13.1. The number of aliphatic hydroxyl groups is 3. The van der Waals surface area contributed by atoms with Crippen molar-refractivity contribution in [3.05, 3.63) is 6.92 Å². The average molecular weight is 287 g/mol. The largest absolute Gasteiger partial charge is 0.397 e. The summed E-state index contributed by atoms with van der Waals surface area (Å²) < 4.78 is 0. The van der Waals surface area contributed by atoms with Crippen LogP contribution in [-0.2, 0) is 21.7 Å².